The van der Waals surface area contributed by atoms with Crippen LogP contribution in [0.15, 0.2) is 48.8 Å². The van der Waals surface area contributed by atoms with E-state index >= 15 is 0 Å². The predicted octanol–water partition coefficient (Wildman–Crippen LogP) is 1.94. The first-order valence-corrected chi connectivity index (χ1v) is 9.89. The zero-order valence-corrected chi connectivity index (χ0v) is 16.1. The Labute approximate surface area is 166 Å². The molecule has 2 heterocycles. The third-order valence-electron chi connectivity index (χ3n) is 5.27. The number of nitrogens with two attached hydrogens (primary N) is 1. The molecule has 0 atom stereocenters. The average molecular weight is 380 g/mol. The number of aryl methyl sites for hydroxylation is 1. The van der Waals surface area contributed by atoms with Gasteiger partial charge in [-0.15, -0.1) is 0 Å². The lowest BCUT2D eigenvalue weighted by Gasteiger charge is -2.32. The molecule has 1 fully saturated rings. The van der Waals surface area contributed by atoms with Gasteiger partial charge in [0.1, 0.15) is 0 Å². The van der Waals surface area contributed by atoms with Crippen LogP contribution < -0.4 is 11.1 Å². The zero-order chi connectivity index (χ0) is 19.8. The average Bonchev–Trinajstić information content (AvgIpc) is 2.73. The van der Waals surface area contributed by atoms with Gasteiger partial charge in [0.15, 0.2) is 0 Å². The maximum absolute atomic E-state index is 12.5. The van der Waals surface area contributed by atoms with Crippen LogP contribution in [-0.2, 0) is 17.6 Å². The van der Waals surface area contributed by atoms with Crippen molar-refractivity contribution in [2.24, 2.45) is 5.73 Å². The number of primary amides is 1. The van der Waals surface area contributed by atoms with Gasteiger partial charge in [-0.3, -0.25) is 14.6 Å². The van der Waals surface area contributed by atoms with Gasteiger partial charge in [-0.05, 0) is 61.1 Å². The quantitative estimate of drug-likeness (QED) is 0.732. The van der Waals surface area contributed by atoms with Crippen molar-refractivity contribution in [1.82, 2.24) is 15.2 Å². The van der Waals surface area contributed by atoms with Gasteiger partial charge in [-0.1, -0.05) is 12.1 Å². The number of hydrogen-bond acceptors (Lipinski definition) is 4. The fourth-order valence-corrected chi connectivity index (χ4v) is 3.50. The number of hydrogen-bond donors (Lipinski definition) is 2. The minimum Gasteiger partial charge on any atom is -0.370 e. The minimum absolute atomic E-state index is 0.0308. The van der Waals surface area contributed by atoms with E-state index in [1.807, 2.05) is 36.7 Å². The molecule has 0 saturated carbocycles. The van der Waals surface area contributed by atoms with Gasteiger partial charge in [0, 0.05) is 50.1 Å². The van der Waals surface area contributed by atoms with E-state index in [-0.39, 0.29) is 17.9 Å². The molecule has 3 N–H and O–H groups in total. The Bertz CT molecular complexity index is 769. The number of carbonyl (C=O) groups is 2. The summed E-state index contributed by atoms with van der Waals surface area (Å²) in [5, 5.41) is 3.15. The fourth-order valence-electron chi connectivity index (χ4n) is 3.50. The van der Waals surface area contributed by atoms with Crippen LogP contribution in [0.5, 0.6) is 0 Å². The number of benzene rings is 1. The minimum atomic E-state index is -0.311. The summed E-state index contributed by atoms with van der Waals surface area (Å²) in [6.07, 6.45) is 7.57. The number of carbonyl (C=O) groups excluding carboxylic acids is 2. The second-order valence-corrected chi connectivity index (χ2v) is 7.36. The molecule has 0 aliphatic carbocycles. The summed E-state index contributed by atoms with van der Waals surface area (Å²) in [5.74, 6) is -0.342. The number of nitrogens with zero attached hydrogens (tertiary/aromatic N) is 2. The van der Waals surface area contributed by atoms with E-state index < -0.39 is 0 Å². The molecule has 0 spiro atoms. The molecule has 1 aromatic heterocycles. The van der Waals surface area contributed by atoms with E-state index in [1.165, 1.54) is 5.56 Å². The smallest absolute Gasteiger partial charge is 0.251 e. The van der Waals surface area contributed by atoms with Crippen LogP contribution in [-0.4, -0.2) is 47.4 Å². The second-order valence-electron chi connectivity index (χ2n) is 7.36. The molecule has 6 nitrogen and oxygen atoms in total. The van der Waals surface area contributed by atoms with Crippen LogP contribution in [0.25, 0.3) is 0 Å². The van der Waals surface area contributed by atoms with Gasteiger partial charge in [0.2, 0.25) is 5.91 Å². The third kappa shape index (κ3) is 6.16. The Morgan fingerprint density at radius 2 is 1.64 bits per heavy atom. The Morgan fingerprint density at radius 1 is 1.00 bits per heavy atom. The van der Waals surface area contributed by atoms with Gasteiger partial charge in [0.05, 0.1) is 0 Å². The Balaban J connectivity index is 1.40. The second kappa shape index (κ2) is 9.99. The predicted molar refractivity (Wildman–Crippen MR) is 109 cm³/mol. The molecule has 148 valence electrons. The lowest BCUT2D eigenvalue weighted by atomic mass is 10.0. The van der Waals surface area contributed by atoms with Crippen molar-refractivity contribution in [2.75, 3.05) is 19.6 Å². The normalized spacial score (nSPS) is 15.3. The van der Waals surface area contributed by atoms with Gasteiger partial charge < -0.3 is 16.0 Å². The van der Waals surface area contributed by atoms with Crippen molar-refractivity contribution in [3.8, 4) is 0 Å². The number of rotatable bonds is 8. The molecule has 1 aliphatic heterocycles. The van der Waals surface area contributed by atoms with Crippen LogP contribution in [0.4, 0.5) is 0 Å². The van der Waals surface area contributed by atoms with Crippen LogP contribution in [0.2, 0.25) is 0 Å². The van der Waals surface area contributed by atoms with Crippen LogP contribution >= 0.6 is 0 Å². The maximum atomic E-state index is 12.5. The van der Waals surface area contributed by atoms with Crippen molar-refractivity contribution in [3.05, 3.63) is 65.5 Å². The molecular formula is C22H28N4O2. The van der Waals surface area contributed by atoms with E-state index in [0.29, 0.717) is 18.4 Å². The van der Waals surface area contributed by atoms with E-state index in [4.69, 9.17) is 5.73 Å². The molecule has 6 heteroatoms. The highest BCUT2D eigenvalue weighted by atomic mass is 16.2. The number of aromatic nitrogens is 1. The first-order chi connectivity index (χ1) is 13.6. The first kappa shape index (κ1) is 20.0. The van der Waals surface area contributed by atoms with E-state index in [1.54, 1.807) is 0 Å². The van der Waals surface area contributed by atoms with Gasteiger partial charge in [-0.2, -0.15) is 0 Å². The van der Waals surface area contributed by atoms with Crippen LogP contribution in [0, 0.1) is 0 Å². The monoisotopic (exact) mass is 380 g/mol. The van der Waals surface area contributed by atoms with E-state index in [9.17, 15) is 9.59 Å². The van der Waals surface area contributed by atoms with E-state index in [0.717, 1.165) is 44.5 Å². The Morgan fingerprint density at radius 3 is 2.29 bits per heavy atom. The molecule has 3 rings (SSSR count). The third-order valence-corrected chi connectivity index (χ3v) is 5.27. The van der Waals surface area contributed by atoms with Gasteiger partial charge in [0.25, 0.3) is 5.91 Å². The molecule has 0 bridgehead atoms. The summed E-state index contributed by atoms with van der Waals surface area (Å²) in [5.41, 5.74) is 8.15. The Hall–Kier alpha value is -2.73. The summed E-state index contributed by atoms with van der Waals surface area (Å²) < 4.78 is 0. The molecule has 1 saturated heterocycles. The van der Waals surface area contributed by atoms with Crippen molar-refractivity contribution < 1.29 is 9.59 Å². The highest BCUT2D eigenvalue weighted by molar-refractivity contribution is 5.94. The molecule has 28 heavy (non-hydrogen) atoms. The summed E-state index contributed by atoms with van der Waals surface area (Å²) >= 11 is 0. The first-order valence-electron chi connectivity index (χ1n) is 9.89. The van der Waals surface area contributed by atoms with Gasteiger partial charge >= 0.3 is 0 Å². The molecule has 0 unspecified atom stereocenters. The standard InChI is InChI=1S/C22H28N4O2/c23-21(27)6-3-17-1-4-19(5-2-17)22(28)25-20-10-15-26(16-11-20)14-9-18-7-12-24-13-8-18/h1-2,4-5,7-8,12-13,20H,3,6,9-11,14-16H2,(H2,23,27)(H,25,28). The summed E-state index contributed by atoms with van der Waals surface area (Å²) in [7, 11) is 0. The maximum Gasteiger partial charge on any atom is 0.251 e. The highest BCUT2D eigenvalue weighted by Crippen LogP contribution is 2.13. The molecule has 0 radical (unpaired) electrons. The highest BCUT2D eigenvalue weighted by Gasteiger charge is 2.21. The lowest BCUT2D eigenvalue weighted by Crippen LogP contribution is -2.45. The lowest BCUT2D eigenvalue weighted by molar-refractivity contribution is -0.117. The molecule has 2 aromatic rings. The van der Waals surface area contributed by atoms with Crippen molar-refractivity contribution in [1.29, 1.82) is 0 Å². The molecule has 1 aliphatic rings. The van der Waals surface area contributed by atoms with Gasteiger partial charge in [-0.25, -0.2) is 0 Å². The fraction of sp³-hybridized carbons (Fsp3) is 0.409. The van der Waals surface area contributed by atoms with Crippen molar-refractivity contribution in [3.63, 3.8) is 0 Å². The molecule has 1 aromatic carbocycles. The number of piperidine rings is 1. The van der Waals surface area contributed by atoms with Crippen LogP contribution in [0.1, 0.15) is 40.7 Å². The molecule has 2 amide bonds. The summed E-state index contributed by atoms with van der Waals surface area (Å²) in [6.45, 7) is 3.04. The number of nitrogens with one attached hydrogen (secondary N) is 1. The SMILES string of the molecule is NC(=O)CCc1ccc(C(=O)NC2CCN(CCc3ccncc3)CC2)cc1. The Kier molecular flexibility index (Phi) is 7.14. The topological polar surface area (TPSA) is 88.3 Å². The summed E-state index contributed by atoms with van der Waals surface area (Å²) in [6, 6.07) is 11.8. The summed E-state index contributed by atoms with van der Waals surface area (Å²) in [4.78, 5) is 29.8. The largest absolute Gasteiger partial charge is 0.370 e. The van der Waals surface area contributed by atoms with Crippen molar-refractivity contribution in [2.45, 2.75) is 38.1 Å². The number of pyridine rings is 1. The van der Waals surface area contributed by atoms with Crippen molar-refractivity contribution >= 4 is 11.8 Å². The zero-order valence-electron chi connectivity index (χ0n) is 16.1. The number of likely N-dealkylation sites (tertiary alicyclic amines) is 1. The molecular weight excluding hydrogens is 352 g/mol. The van der Waals surface area contributed by atoms with E-state index in [2.05, 4.69) is 27.3 Å². The number of amides is 2. The van der Waals surface area contributed by atoms with Crippen LogP contribution in [0.3, 0.4) is 0 Å².